The summed E-state index contributed by atoms with van der Waals surface area (Å²) in [6, 6.07) is 9.02. The van der Waals surface area contributed by atoms with Gasteiger partial charge in [0.2, 0.25) is 5.91 Å². The lowest BCUT2D eigenvalue weighted by atomic mass is 9.88. The Morgan fingerprint density at radius 2 is 2.16 bits per heavy atom. The monoisotopic (exact) mass is 339 g/mol. The lowest BCUT2D eigenvalue weighted by molar-refractivity contribution is -0.123. The van der Waals surface area contributed by atoms with Gasteiger partial charge in [-0.15, -0.1) is 0 Å². The standard InChI is InChI=1S/C19H25N5O/c25-19(22-18-9-3-6-15-5-1-2-8-17(15)18)12-23-10-4-7-16(23)11-24-14-20-13-21-24/h1-2,5,8,13-14,16,18H,3-4,6-7,9-12H2,(H,22,25)/t16-,18+/m0/s1. The molecule has 6 heteroatoms. The van der Waals surface area contributed by atoms with Crippen LogP contribution in [-0.2, 0) is 17.8 Å². The van der Waals surface area contributed by atoms with Gasteiger partial charge in [0.15, 0.2) is 0 Å². The van der Waals surface area contributed by atoms with Gasteiger partial charge in [-0.1, -0.05) is 24.3 Å². The van der Waals surface area contributed by atoms with Crippen molar-refractivity contribution < 1.29 is 4.79 Å². The van der Waals surface area contributed by atoms with Crippen LogP contribution in [0.4, 0.5) is 0 Å². The summed E-state index contributed by atoms with van der Waals surface area (Å²) in [5.41, 5.74) is 2.67. The molecule has 1 amide bonds. The summed E-state index contributed by atoms with van der Waals surface area (Å²) >= 11 is 0. The van der Waals surface area contributed by atoms with Gasteiger partial charge in [-0.3, -0.25) is 14.4 Å². The first kappa shape index (κ1) is 16.3. The zero-order chi connectivity index (χ0) is 17.1. The highest BCUT2D eigenvalue weighted by molar-refractivity contribution is 5.78. The second kappa shape index (κ2) is 7.35. The molecule has 25 heavy (non-hydrogen) atoms. The Morgan fingerprint density at radius 1 is 1.24 bits per heavy atom. The number of fused-ring (bicyclic) bond motifs is 1. The minimum atomic E-state index is 0.132. The van der Waals surface area contributed by atoms with E-state index in [0.717, 1.165) is 45.2 Å². The van der Waals surface area contributed by atoms with Crippen molar-refractivity contribution >= 4 is 5.91 Å². The molecule has 1 aromatic carbocycles. The van der Waals surface area contributed by atoms with Gasteiger partial charge in [0.25, 0.3) is 0 Å². The first-order valence-corrected chi connectivity index (χ1v) is 9.23. The van der Waals surface area contributed by atoms with Gasteiger partial charge in [0.05, 0.1) is 19.1 Å². The number of aryl methyl sites for hydroxylation is 1. The van der Waals surface area contributed by atoms with Gasteiger partial charge in [-0.2, -0.15) is 5.10 Å². The van der Waals surface area contributed by atoms with Crippen molar-refractivity contribution in [1.82, 2.24) is 25.0 Å². The Hall–Kier alpha value is -2.21. The first-order chi connectivity index (χ1) is 12.3. The van der Waals surface area contributed by atoms with Crippen LogP contribution in [0.2, 0.25) is 0 Å². The van der Waals surface area contributed by atoms with Crippen LogP contribution < -0.4 is 5.32 Å². The molecule has 0 radical (unpaired) electrons. The van der Waals surface area contributed by atoms with Crippen molar-refractivity contribution in [2.75, 3.05) is 13.1 Å². The summed E-state index contributed by atoms with van der Waals surface area (Å²) < 4.78 is 1.86. The normalized spacial score (nSPS) is 23.4. The highest BCUT2D eigenvalue weighted by Gasteiger charge is 2.28. The molecule has 1 fully saturated rings. The minimum Gasteiger partial charge on any atom is -0.348 e. The number of amides is 1. The SMILES string of the molecule is O=C(CN1CCC[C@H]1Cn1cncn1)N[C@@H]1CCCc2ccccc21. The summed E-state index contributed by atoms with van der Waals surface area (Å²) in [5, 5.41) is 7.46. The summed E-state index contributed by atoms with van der Waals surface area (Å²) in [6.07, 6.45) is 8.85. The average Bonchev–Trinajstić information content (AvgIpc) is 3.28. The molecule has 1 saturated heterocycles. The van der Waals surface area contributed by atoms with Crippen LogP contribution in [0.5, 0.6) is 0 Å². The quantitative estimate of drug-likeness (QED) is 0.904. The molecule has 0 saturated carbocycles. The number of aromatic nitrogens is 3. The number of benzene rings is 1. The maximum absolute atomic E-state index is 12.6. The molecule has 2 aliphatic rings. The molecule has 132 valence electrons. The molecule has 6 nitrogen and oxygen atoms in total. The second-order valence-corrected chi connectivity index (χ2v) is 7.10. The molecule has 0 unspecified atom stereocenters. The molecule has 1 N–H and O–H groups in total. The van der Waals surface area contributed by atoms with Gasteiger partial charge < -0.3 is 5.32 Å². The molecule has 4 rings (SSSR count). The zero-order valence-corrected chi connectivity index (χ0v) is 14.5. The van der Waals surface area contributed by atoms with Crippen molar-refractivity contribution in [2.45, 2.75) is 50.7 Å². The van der Waals surface area contributed by atoms with E-state index in [0.29, 0.717) is 12.6 Å². The van der Waals surface area contributed by atoms with E-state index in [1.807, 2.05) is 4.68 Å². The van der Waals surface area contributed by atoms with E-state index < -0.39 is 0 Å². The number of carbonyl (C=O) groups is 1. The van der Waals surface area contributed by atoms with Gasteiger partial charge in [0.1, 0.15) is 12.7 Å². The summed E-state index contributed by atoms with van der Waals surface area (Å²) in [5.74, 6) is 0.132. The highest BCUT2D eigenvalue weighted by atomic mass is 16.2. The third-order valence-corrected chi connectivity index (χ3v) is 5.41. The van der Waals surface area contributed by atoms with Crippen molar-refractivity contribution in [2.24, 2.45) is 0 Å². The number of hydrogen-bond acceptors (Lipinski definition) is 4. The van der Waals surface area contributed by atoms with Crippen LogP contribution in [0.25, 0.3) is 0 Å². The minimum absolute atomic E-state index is 0.132. The fourth-order valence-electron chi connectivity index (χ4n) is 4.18. The van der Waals surface area contributed by atoms with Crippen LogP contribution in [0, 0.1) is 0 Å². The molecule has 1 aromatic heterocycles. The fraction of sp³-hybridized carbons (Fsp3) is 0.526. The predicted octanol–water partition coefficient (Wildman–Crippen LogP) is 1.94. The summed E-state index contributed by atoms with van der Waals surface area (Å²) in [6.45, 7) is 2.26. The molecule has 2 atom stereocenters. The molecule has 1 aliphatic heterocycles. The zero-order valence-electron chi connectivity index (χ0n) is 14.5. The first-order valence-electron chi connectivity index (χ1n) is 9.23. The molecule has 0 bridgehead atoms. The number of likely N-dealkylation sites (tertiary alicyclic amines) is 1. The molecular formula is C19H25N5O. The van der Waals surface area contributed by atoms with Crippen LogP contribution >= 0.6 is 0 Å². The molecular weight excluding hydrogens is 314 g/mol. The van der Waals surface area contributed by atoms with E-state index in [4.69, 9.17) is 0 Å². The number of nitrogens with zero attached hydrogens (tertiary/aromatic N) is 4. The smallest absolute Gasteiger partial charge is 0.234 e. The maximum Gasteiger partial charge on any atom is 0.234 e. The fourth-order valence-corrected chi connectivity index (χ4v) is 4.18. The van der Waals surface area contributed by atoms with Crippen LogP contribution in [0.15, 0.2) is 36.9 Å². The lowest BCUT2D eigenvalue weighted by Crippen LogP contribution is -2.42. The van der Waals surface area contributed by atoms with Crippen molar-refractivity contribution in [3.63, 3.8) is 0 Å². The average molecular weight is 339 g/mol. The third-order valence-electron chi connectivity index (χ3n) is 5.41. The number of rotatable bonds is 5. The maximum atomic E-state index is 12.6. The number of carbonyl (C=O) groups excluding carboxylic acids is 1. The molecule has 2 aromatic rings. The Bertz CT molecular complexity index is 714. The largest absolute Gasteiger partial charge is 0.348 e. The third kappa shape index (κ3) is 3.74. The lowest BCUT2D eigenvalue weighted by Gasteiger charge is -2.28. The molecule has 1 aliphatic carbocycles. The summed E-state index contributed by atoms with van der Waals surface area (Å²) in [4.78, 5) is 18.9. The van der Waals surface area contributed by atoms with E-state index in [1.54, 1.807) is 12.7 Å². The van der Waals surface area contributed by atoms with Gasteiger partial charge in [-0.25, -0.2) is 4.98 Å². The van der Waals surface area contributed by atoms with Gasteiger partial charge in [-0.05, 0) is 49.8 Å². The Balaban J connectivity index is 1.36. The van der Waals surface area contributed by atoms with E-state index in [9.17, 15) is 4.79 Å². The Morgan fingerprint density at radius 3 is 3.04 bits per heavy atom. The highest BCUT2D eigenvalue weighted by Crippen LogP contribution is 2.29. The number of nitrogens with one attached hydrogen (secondary N) is 1. The molecule has 2 heterocycles. The van der Waals surface area contributed by atoms with E-state index >= 15 is 0 Å². The van der Waals surface area contributed by atoms with Gasteiger partial charge >= 0.3 is 0 Å². The van der Waals surface area contributed by atoms with Crippen molar-refractivity contribution in [3.8, 4) is 0 Å². The van der Waals surface area contributed by atoms with E-state index in [-0.39, 0.29) is 11.9 Å². The Kier molecular flexibility index (Phi) is 4.78. The molecule has 0 spiro atoms. The predicted molar refractivity (Wildman–Crippen MR) is 94.9 cm³/mol. The van der Waals surface area contributed by atoms with Crippen molar-refractivity contribution in [3.05, 3.63) is 48.0 Å². The van der Waals surface area contributed by atoms with E-state index in [1.165, 1.54) is 11.1 Å². The van der Waals surface area contributed by atoms with Crippen LogP contribution in [0.1, 0.15) is 42.9 Å². The van der Waals surface area contributed by atoms with Crippen LogP contribution in [-0.4, -0.2) is 44.7 Å². The van der Waals surface area contributed by atoms with E-state index in [2.05, 4.69) is 44.6 Å². The topological polar surface area (TPSA) is 63.1 Å². The summed E-state index contributed by atoms with van der Waals surface area (Å²) in [7, 11) is 0. The van der Waals surface area contributed by atoms with Crippen molar-refractivity contribution in [1.29, 1.82) is 0 Å². The van der Waals surface area contributed by atoms with Crippen LogP contribution in [0.3, 0.4) is 0 Å². The Labute approximate surface area is 148 Å². The number of hydrogen-bond donors (Lipinski definition) is 1. The second-order valence-electron chi connectivity index (χ2n) is 7.10. The van der Waals surface area contributed by atoms with Gasteiger partial charge in [0, 0.05) is 6.04 Å².